The molecule has 2 aliphatic rings. The molecule has 0 spiro atoms. The summed E-state index contributed by atoms with van der Waals surface area (Å²) >= 11 is 0. The molecule has 2 saturated heterocycles. The molecule has 0 radical (unpaired) electrons. The average Bonchev–Trinajstić information content (AvgIpc) is 2.84. The van der Waals surface area contributed by atoms with Gasteiger partial charge in [-0.1, -0.05) is 0 Å². The van der Waals surface area contributed by atoms with Crippen molar-refractivity contribution in [2.75, 3.05) is 19.8 Å². The first-order valence-corrected chi connectivity index (χ1v) is 10.4. The van der Waals surface area contributed by atoms with Crippen LogP contribution < -0.4 is 0 Å². The van der Waals surface area contributed by atoms with Gasteiger partial charge in [-0.2, -0.15) is 0 Å². The Morgan fingerprint density at radius 1 is 0.735 bits per heavy atom. The van der Waals surface area contributed by atoms with Gasteiger partial charge in [-0.25, -0.2) is 0 Å². The second-order valence-electron chi connectivity index (χ2n) is 8.01. The van der Waals surface area contributed by atoms with Gasteiger partial charge >= 0.3 is 0 Å². The first-order chi connectivity index (χ1) is 16.0. The number of hydrogen-bond acceptors (Lipinski definition) is 16. The fourth-order valence-electron chi connectivity index (χ4n) is 3.49. The molecule has 0 unspecified atom stereocenters. The van der Waals surface area contributed by atoms with Crippen molar-refractivity contribution in [3.05, 3.63) is 0 Å². The first-order valence-electron chi connectivity index (χ1n) is 10.4. The zero-order chi connectivity index (χ0) is 25.7. The van der Waals surface area contributed by atoms with E-state index in [4.69, 9.17) is 18.9 Å². The first kappa shape index (κ1) is 29.3. The molecule has 0 saturated carbocycles. The Labute approximate surface area is 192 Å². The van der Waals surface area contributed by atoms with Gasteiger partial charge in [-0.3, -0.25) is 0 Å². The molecule has 0 amide bonds. The Morgan fingerprint density at radius 2 is 1.21 bits per heavy atom. The number of aldehydes is 1. The van der Waals surface area contributed by atoms with E-state index in [9.17, 15) is 61.0 Å². The van der Waals surface area contributed by atoms with E-state index in [0.717, 1.165) is 0 Å². The van der Waals surface area contributed by atoms with Crippen LogP contribution in [0.5, 0.6) is 0 Å². The van der Waals surface area contributed by atoms with Crippen molar-refractivity contribution in [3.8, 4) is 0 Å². The summed E-state index contributed by atoms with van der Waals surface area (Å²) < 4.78 is 20.4. The molecule has 2 fully saturated rings. The highest BCUT2D eigenvalue weighted by atomic mass is 16.7. The van der Waals surface area contributed by atoms with Gasteiger partial charge in [0.15, 0.2) is 18.9 Å². The molecule has 200 valence electrons. The minimum atomic E-state index is -2.11. The number of carbonyl (C=O) groups excluding carboxylic acids is 1. The maximum absolute atomic E-state index is 11.1. The van der Waals surface area contributed by atoms with Gasteiger partial charge in [-0.05, 0) is 0 Å². The maximum atomic E-state index is 11.1. The molecule has 0 aromatic carbocycles. The summed E-state index contributed by atoms with van der Waals surface area (Å²) in [6.45, 7) is -2.38. The Bertz CT molecular complexity index is 621. The van der Waals surface area contributed by atoms with Gasteiger partial charge < -0.3 is 79.9 Å². The second kappa shape index (κ2) is 12.9. The van der Waals surface area contributed by atoms with E-state index in [-0.39, 0.29) is 6.29 Å². The SMILES string of the molecule is O=C[C@H](O)[C@@H](O[C@@H]1O[C@H](CO)[C@@H](O)[C@H](O)[C@H]1O)[C@H](O)[C@H](O)CO[C@@H]1O[C@H](CO)[C@@H](O)[C@H](O)[C@H]1O. The van der Waals surface area contributed by atoms with Crippen molar-refractivity contribution >= 4 is 6.29 Å². The minimum Gasteiger partial charge on any atom is -0.394 e. The number of aliphatic hydroxyl groups excluding tert-OH is 11. The molecule has 16 heteroatoms. The predicted molar refractivity (Wildman–Crippen MR) is 102 cm³/mol. The van der Waals surface area contributed by atoms with Crippen LogP contribution in [-0.4, -0.2) is 168 Å². The normalized spacial score (nSPS) is 42.6. The van der Waals surface area contributed by atoms with Gasteiger partial charge in [0, 0.05) is 0 Å². The Morgan fingerprint density at radius 3 is 1.68 bits per heavy atom. The molecule has 0 aliphatic carbocycles. The van der Waals surface area contributed by atoms with Gasteiger partial charge in [0.2, 0.25) is 0 Å². The van der Waals surface area contributed by atoms with Crippen LogP contribution in [0.2, 0.25) is 0 Å². The van der Waals surface area contributed by atoms with Gasteiger partial charge in [-0.15, -0.1) is 0 Å². The van der Waals surface area contributed by atoms with Crippen LogP contribution >= 0.6 is 0 Å². The summed E-state index contributed by atoms with van der Waals surface area (Å²) in [5.74, 6) is 0. The van der Waals surface area contributed by atoms with Crippen molar-refractivity contribution in [2.45, 2.75) is 85.8 Å². The van der Waals surface area contributed by atoms with E-state index >= 15 is 0 Å². The van der Waals surface area contributed by atoms with Gasteiger partial charge in [0.05, 0.1) is 19.8 Å². The molecule has 2 rings (SSSR count). The fraction of sp³-hybridized carbons (Fsp3) is 0.944. The van der Waals surface area contributed by atoms with Crippen LogP contribution in [-0.2, 0) is 23.7 Å². The summed E-state index contributed by atoms with van der Waals surface area (Å²) in [7, 11) is 0. The molecule has 11 N–H and O–H groups in total. The average molecular weight is 504 g/mol. The largest absolute Gasteiger partial charge is 0.394 e. The lowest BCUT2D eigenvalue weighted by molar-refractivity contribution is -0.327. The number of rotatable bonds is 11. The molecular weight excluding hydrogens is 472 g/mol. The third-order valence-electron chi connectivity index (χ3n) is 5.63. The second-order valence-corrected chi connectivity index (χ2v) is 8.01. The Kier molecular flexibility index (Phi) is 11.1. The molecule has 0 bridgehead atoms. The molecule has 34 heavy (non-hydrogen) atoms. The van der Waals surface area contributed by atoms with Crippen LogP contribution in [0.15, 0.2) is 0 Å². The topological polar surface area (TPSA) is 277 Å². The van der Waals surface area contributed by atoms with E-state index in [0.29, 0.717) is 0 Å². The highest BCUT2D eigenvalue weighted by Crippen LogP contribution is 2.26. The van der Waals surface area contributed by atoms with Crippen LogP contribution in [0.4, 0.5) is 0 Å². The summed E-state index contributed by atoms with van der Waals surface area (Å²) in [5, 5.41) is 108. The summed E-state index contributed by atoms with van der Waals surface area (Å²) in [5.41, 5.74) is 0. The highest BCUT2D eigenvalue weighted by molar-refractivity contribution is 5.56. The maximum Gasteiger partial charge on any atom is 0.187 e. The van der Waals surface area contributed by atoms with Crippen molar-refractivity contribution in [1.29, 1.82) is 0 Å². The standard InChI is InChI=1S/C18H32O16/c19-1-5(22)16(34-18-15(30)13(28)11(26)8(3-21)33-18)9(24)6(23)4-31-17-14(29)12(27)10(25)7(2-20)32-17/h1,5-18,20-30H,2-4H2/t5-,6+,7+,8+,9+,10+,11+,12-,13-,14+,15+,16+,17+,18-/m0/s1. The van der Waals surface area contributed by atoms with Crippen LogP contribution in [0.1, 0.15) is 0 Å². The molecular formula is C18H32O16. The van der Waals surface area contributed by atoms with Crippen molar-refractivity contribution in [3.63, 3.8) is 0 Å². The number of ether oxygens (including phenoxy) is 4. The van der Waals surface area contributed by atoms with E-state index in [2.05, 4.69) is 0 Å². The summed E-state index contributed by atoms with van der Waals surface area (Å²) in [4.78, 5) is 11.1. The lowest BCUT2D eigenvalue weighted by atomic mass is 9.98. The smallest absolute Gasteiger partial charge is 0.187 e. The third kappa shape index (κ3) is 6.44. The lowest BCUT2D eigenvalue weighted by Crippen LogP contribution is -2.61. The number of aliphatic hydroxyl groups is 11. The van der Waals surface area contributed by atoms with Crippen LogP contribution in [0.25, 0.3) is 0 Å². The minimum absolute atomic E-state index is 0.0664. The van der Waals surface area contributed by atoms with E-state index in [1.165, 1.54) is 0 Å². The zero-order valence-corrected chi connectivity index (χ0v) is 17.7. The van der Waals surface area contributed by atoms with Crippen molar-refractivity contribution in [2.24, 2.45) is 0 Å². The molecule has 0 aromatic rings. The number of hydrogen-bond donors (Lipinski definition) is 11. The monoisotopic (exact) mass is 504 g/mol. The fourth-order valence-corrected chi connectivity index (χ4v) is 3.49. The zero-order valence-electron chi connectivity index (χ0n) is 17.7. The molecule has 0 aromatic heterocycles. The van der Waals surface area contributed by atoms with Crippen molar-refractivity contribution in [1.82, 2.24) is 0 Å². The molecule has 14 atom stereocenters. The van der Waals surface area contributed by atoms with E-state index < -0.39 is 106 Å². The highest BCUT2D eigenvalue weighted by Gasteiger charge is 2.48. The van der Waals surface area contributed by atoms with Crippen LogP contribution in [0.3, 0.4) is 0 Å². The van der Waals surface area contributed by atoms with Crippen LogP contribution in [0, 0.1) is 0 Å². The van der Waals surface area contributed by atoms with Gasteiger partial charge in [0.25, 0.3) is 0 Å². The predicted octanol–water partition coefficient (Wildman–Crippen LogP) is -7.73. The quantitative estimate of drug-likeness (QED) is 0.117. The van der Waals surface area contributed by atoms with E-state index in [1.807, 2.05) is 0 Å². The third-order valence-corrected chi connectivity index (χ3v) is 5.63. The van der Waals surface area contributed by atoms with Gasteiger partial charge in [0.1, 0.15) is 73.2 Å². The lowest BCUT2D eigenvalue weighted by Gasteiger charge is -2.42. The molecule has 2 aliphatic heterocycles. The molecule has 16 nitrogen and oxygen atoms in total. The van der Waals surface area contributed by atoms with E-state index in [1.54, 1.807) is 0 Å². The molecule has 2 heterocycles. The summed E-state index contributed by atoms with van der Waals surface area (Å²) in [6, 6.07) is 0. The van der Waals surface area contributed by atoms with Crippen molar-refractivity contribution < 1.29 is 79.9 Å². The number of carbonyl (C=O) groups is 1. The Hall–Kier alpha value is -0.930. The summed E-state index contributed by atoms with van der Waals surface area (Å²) in [6.07, 6.45) is -25.2. The Balaban J connectivity index is 2.05.